The predicted molar refractivity (Wildman–Crippen MR) is 56.9 cm³/mol. The molecule has 0 bridgehead atoms. The van der Waals surface area contributed by atoms with Gasteiger partial charge in [-0.25, -0.2) is 0 Å². The van der Waals surface area contributed by atoms with Crippen LogP contribution in [0, 0.1) is 5.92 Å². The molecule has 0 aromatic heterocycles. The predicted octanol–water partition coefficient (Wildman–Crippen LogP) is 1.88. The molecule has 2 nitrogen and oxygen atoms in total. The summed E-state index contributed by atoms with van der Waals surface area (Å²) in [7, 11) is 0. The number of hydrogen-bond acceptors (Lipinski definition) is 2. The zero-order chi connectivity index (χ0) is 9.26. The lowest BCUT2D eigenvalue weighted by Crippen LogP contribution is -2.32. The lowest BCUT2D eigenvalue weighted by Gasteiger charge is -2.29. The van der Waals surface area contributed by atoms with Gasteiger partial charge in [0, 0.05) is 12.5 Å². The van der Waals surface area contributed by atoms with Crippen LogP contribution in [-0.2, 0) is 4.74 Å². The molecule has 2 rings (SSSR count). The molecule has 0 radical (unpaired) electrons. The molecule has 1 saturated heterocycles. The van der Waals surface area contributed by atoms with Crippen LogP contribution in [-0.4, -0.2) is 23.7 Å². The van der Waals surface area contributed by atoms with Crippen molar-refractivity contribution in [1.29, 1.82) is 0 Å². The van der Waals surface area contributed by atoms with E-state index in [1.807, 2.05) is 6.92 Å². The van der Waals surface area contributed by atoms with Gasteiger partial charge in [-0.2, -0.15) is 0 Å². The van der Waals surface area contributed by atoms with E-state index >= 15 is 0 Å². The standard InChI is InChI=1S/C10H17NOS/c1-7-10(13)11-6-8-4-2-3-5-9(8)12-7/h7-9H,2-6H2,1H3,(H,11,13)/t7?,8-,9+/m1/s1. The molecule has 0 aromatic carbocycles. The molecule has 0 amide bonds. The number of ether oxygens (including phenoxy) is 1. The second-order valence-electron chi connectivity index (χ2n) is 4.11. The summed E-state index contributed by atoms with van der Waals surface area (Å²) in [5.74, 6) is 0.691. The van der Waals surface area contributed by atoms with Crippen LogP contribution in [0.3, 0.4) is 0 Å². The molecule has 13 heavy (non-hydrogen) atoms. The Morgan fingerprint density at radius 3 is 3.00 bits per heavy atom. The van der Waals surface area contributed by atoms with E-state index in [0.29, 0.717) is 12.0 Å². The van der Waals surface area contributed by atoms with Gasteiger partial charge in [0.1, 0.15) is 11.1 Å². The van der Waals surface area contributed by atoms with Crippen molar-refractivity contribution in [3.63, 3.8) is 0 Å². The number of thiocarbonyl (C=S) groups is 1. The Balaban J connectivity index is 2.04. The van der Waals surface area contributed by atoms with Crippen LogP contribution in [0.15, 0.2) is 0 Å². The molecule has 2 aliphatic rings. The highest BCUT2D eigenvalue weighted by atomic mass is 32.1. The first-order chi connectivity index (χ1) is 6.27. The molecule has 1 unspecified atom stereocenters. The molecule has 3 heteroatoms. The van der Waals surface area contributed by atoms with Crippen molar-refractivity contribution in [2.24, 2.45) is 5.92 Å². The molecule has 0 spiro atoms. The van der Waals surface area contributed by atoms with Crippen LogP contribution in [0.1, 0.15) is 32.6 Å². The second kappa shape index (κ2) is 3.93. The van der Waals surface area contributed by atoms with Gasteiger partial charge in [-0.15, -0.1) is 0 Å². The van der Waals surface area contributed by atoms with Gasteiger partial charge in [0.2, 0.25) is 0 Å². The van der Waals surface area contributed by atoms with E-state index in [1.54, 1.807) is 0 Å². The molecular formula is C10H17NOS. The van der Waals surface area contributed by atoms with E-state index in [2.05, 4.69) is 5.32 Å². The Kier molecular flexibility index (Phi) is 2.84. The maximum Gasteiger partial charge on any atom is 0.105 e. The smallest absolute Gasteiger partial charge is 0.105 e. The van der Waals surface area contributed by atoms with Crippen molar-refractivity contribution in [2.45, 2.75) is 44.8 Å². The Morgan fingerprint density at radius 1 is 1.38 bits per heavy atom. The van der Waals surface area contributed by atoms with E-state index in [9.17, 15) is 0 Å². The van der Waals surface area contributed by atoms with Crippen molar-refractivity contribution in [3.8, 4) is 0 Å². The topological polar surface area (TPSA) is 21.3 Å². The summed E-state index contributed by atoms with van der Waals surface area (Å²) < 4.78 is 5.92. The first-order valence-corrected chi connectivity index (χ1v) is 5.61. The van der Waals surface area contributed by atoms with Crippen molar-refractivity contribution in [2.75, 3.05) is 6.54 Å². The van der Waals surface area contributed by atoms with Crippen LogP contribution in [0.2, 0.25) is 0 Å². The van der Waals surface area contributed by atoms with Gasteiger partial charge in [0.15, 0.2) is 0 Å². The third-order valence-corrected chi connectivity index (χ3v) is 3.60. The SMILES string of the molecule is CC1O[C@H]2CCCC[C@@H]2CNC1=S. The maximum atomic E-state index is 5.92. The fraction of sp³-hybridized carbons (Fsp3) is 0.900. The normalized spacial score (nSPS) is 40.4. The lowest BCUT2D eigenvalue weighted by molar-refractivity contribution is -0.0166. The van der Waals surface area contributed by atoms with Crippen LogP contribution >= 0.6 is 12.2 Å². The molecule has 1 aliphatic carbocycles. The summed E-state index contributed by atoms with van der Waals surface area (Å²) >= 11 is 5.20. The van der Waals surface area contributed by atoms with Crippen molar-refractivity contribution < 1.29 is 4.74 Å². The minimum absolute atomic E-state index is 0.114. The third kappa shape index (κ3) is 2.02. The Hall–Kier alpha value is -0.150. The molecule has 2 fully saturated rings. The van der Waals surface area contributed by atoms with E-state index in [4.69, 9.17) is 17.0 Å². The number of rotatable bonds is 0. The maximum absolute atomic E-state index is 5.92. The second-order valence-corrected chi connectivity index (χ2v) is 4.55. The molecule has 1 aliphatic heterocycles. The van der Waals surface area contributed by atoms with E-state index in [1.165, 1.54) is 25.7 Å². The summed E-state index contributed by atoms with van der Waals surface area (Å²) in [6, 6.07) is 0. The minimum Gasteiger partial charge on any atom is -0.377 e. The summed E-state index contributed by atoms with van der Waals surface area (Å²) in [6.07, 6.45) is 5.76. The molecule has 0 aromatic rings. The molecule has 1 saturated carbocycles. The van der Waals surface area contributed by atoms with Crippen LogP contribution in [0.4, 0.5) is 0 Å². The third-order valence-electron chi connectivity index (χ3n) is 3.13. The quantitative estimate of drug-likeness (QED) is 0.602. The summed E-state index contributed by atoms with van der Waals surface area (Å²) in [5, 5.41) is 3.30. The van der Waals surface area contributed by atoms with Gasteiger partial charge < -0.3 is 10.1 Å². The van der Waals surface area contributed by atoms with Crippen LogP contribution in [0.25, 0.3) is 0 Å². The van der Waals surface area contributed by atoms with Gasteiger partial charge in [0.25, 0.3) is 0 Å². The number of hydrogen-bond donors (Lipinski definition) is 1. The molecule has 74 valence electrons. The first kappa shape index (κ1) is 9.41. The summed E-state index contributed by atoms with van der Waals surface area (Å²) in [4.78, 5) is 0.884. The summed E-state index contributed by atoms with van der Waals surface area (Å²) in [6.45, 7) is 3.07. The fourth-order valence-electron chi connectivity index (χ4n) is 2.29. The Morgan fingerprint density at radius 2 is 2.15 bits per heavy atom. The van der Waals surface area contributed by atoms with Crippen LogP contribution in [0.5, 0.6) is 0 Å². The molecule has 3 atom stereocenters. The van der Waals surface area contributed by atoms with Crippen molar-refractivity contribution >= 4 is 17.2 Å². The fourth-order valence-corrected chi connectivity index (χ4v) is 2.42. The van der Waals surface area contributed by atoms with Crippen molar-refractivity contribution in [1.82, 2.24) is 5.32 Å². The minimum atomic E-state index is 0.114. The average Bonchev–Trinajstić information content (AvgIpc) is 2.28. The summed E-state index contributed by atoms with van der Waals surface area (Å²) in [5.41, 5.74) is 0. The van der Waals surface area contributed by atoms with Crippen molar-refractivity contribution in [3.05, 3.63) is 0 Å². The molecule has 1 N–H and O–H groups in total. The van der Waals surface area contributed by atoms with E-state index < -0.39 is 0 Å². The van der Waals surface area contributed by atoms with Gasteiger partial charge >= 0.3 is 0 Å². The van der Waals surface area contributed by atoms with E-state index in [-0.39, 0.29) is 6.10 Å². The highest BCUT2D eigenvalue weighted by Crippen LogP contribution is 2.28. The highest BCUT2D eigenvalue weighted by molar-refractivity contribution is 7.80. The van der Waals surface area contributed by atoms with E-state index in [0.717, 1.165) is 11.5 Å². The Labute approximate surface area is 85.0 Å². The zero-order valence-electron chi connectivity index (χ0n) is 8.08. The Bertz CT molecular complexity index is 207. The molecular weight excluding hydrogens is 182 g/mol. The largest absolute Gasteiger partial charge is 0.377 e. The molecule has 1 heterocycles. The van der Waals surface area contributed by atoms with Gasteiger partial charge in [0.05, 0.1) is 6.10 Å². The van der Waals surface area contributed by atoms with Crippen LogP contribution < -0.4 is 5.32 Å². The van der Waals surface area contributed by atoms with Gasteiger partial charge in [-0.3, -0.25) is 0 Å². The lowest BCUT2D eigenvalue weighted by atomic mass is 9.86. The number of fused-ring (bicyclic) bond motifs is 1. The average molecular weight is 199 g/mol. The van der Waals surface area contributed by atoms with Gasteiger partial charge in [-0.05, 0) is 19.8 Å². The first-order valence-electron chi connectivity index (χ1n) is 5.20. The number of nitrogens with one attached hydrogen (secondary N) is 1. The monoisotopic (exact) mass is 199 g/mol. The van der Waals surface area contributed by atoms with Gasteiger partial charge in [-0.1, -0.05) is 25.1 Å². The highest BCUT2D eigenvalue weighted by Gasteiger charge is 2.30. The zero-order valence-corrected chi connectivity index (χ0v) is 8.90.